The second-order valence-electron chi connectivity index (χ2n) is 2.98. The lowest BCUT2D eigenvalue weighted by Gasteiger charge is -2.03. The maximum atomic E-state index is 5.83. The molecule has 0 amide bonds. The van der Waals surface area contributed by atoms with Gasteiger partial charge in [0.1, 0.15) is 5.75 Å². The number of alkyl halides is 1. The summed E-state index contributed by atoms with van der Waals surface area (Å²) in [5.41, 5.74) is 1.07. The molecular formula is C10H10ClNOS2. The van der Waals surface area contributed by atoms with Crippen molar-refractivity contribution in [1.29, 1.82) is 0 Å². The van der Waals surface area contributed by atoms with Crippen molar-refractivity contribution in [2.75, 3.05) is 6.61 Å². The molecule has 0 spiro atoms. The van der Waals surface area contributed by atoms with E-state index in [-0.39, 0.29) is 0 Å². The van der Waals surface area contributed by atoms with Crippen LogP contribution in [-0.4, -0.2) is 11.2 Å². The van der Waals surface area contributed by atoms with Crippen LogP contribution in [0, 0.1) is 3.95 Å². The first-order valence-electron chi connectivity index (χ1n) is 4.58. The highest BCUT2D eigenvalue weighted by molar-refractivity contribution is 7.73. The van der Waals surface area contributed by atoms with Crippen LogP contribution in [0.3, 0.4) is 0 Å². The Morgan fingerprint density at radius 1 is 1.53 bits per heavy atom. The zero-order valence-corrected chi connectivity index (χ0v) is 10.6. The predicted molar refractivity (Wildman–Crippen MR) is 67.7 cm³/mol. The van der Waals surface area contributed by atoms with Gasteiger partial charge in [0, 0.05) is 0 Å². The lowest BCUT2D eigenvalue weighted by molar-refractivity contribution is 0.341. The molecule has 0 fully saturated rings. The van der Waals surface area contributed by atoms with Crippen molar-refractivity contribution < 1.29 is 4.74 Å². The minimum atomic E-state index is 0.396. The van der Waals surface area contributed by atoms with E-state index in [0.29, 0.717) is 12.6 Å². The van der Waals surface area contributed by atoms with Gasteiger partial charge in [-0.25, -0.2) is 0 Å². The van der Waals surface area contributed by atoms with E-state index < -0.39 is 0 Å². The van der Waals surface area contributed by atoms with Crippen LogP contribution in [0.4, 0.5) is 0 Å². The number of nitrogens with zero attached hydrogens (tertiary/aromatic N) is 1. The van der Waals surface area contributed by atoms with Crippen molar-refractivity contribution in [2.45, 2.75) is 12.9 Å². The third-order valence-electron chi connectivity index (χ3n) is 2.07. The molecule has 0 N–H and O–H groups in total. The summed E-state index contributed by atoms with van der Waals surface area (Å²) < 4.78 is 9.25. The molecule has 2 rings (SSSR count). The first kappa shape index (κ1) is 10.9. The fourth-order valence-electron chi connectivity index (χ4n) is 1.42. The predicted octanol–water partition coefficient (Wildman–Crippen LogP) is 4.03. The van der Waals surface area contributed by atoms with Crippen molar-refractivity contribution in [1.82, 2.24) is 4.57 Å². The van der Waals surface area contributed by atoms with Crippen molar-refractivity contribution in [2.24, 2.45) is 0 Å². The normalized spacial score (nSPS) is 10.8. The Labute approximate surface area is 102 Å². The van der Waals surface area contributed by atoms with Crippen LogP contribution in [0.1, 0.15) is 6.92 Å². The number of halogens is 1. The quantitative estimate of drug-likeness (QED) is 0.610. The van der Waals surface area contributed by atoms with Gasteiger partial charge in [-0.2, -0.15) is 0 Å². The Balaban J connectivity index is 2.59. The molecule has 0 aliphatic rings. The SMILES string of the molecule is CCOc1ccc2c(c1)sc(=S)n2CCl. The highest BCUT2D eigenvalue weighted by Gasteiger charge is 2.05. The Bertz CT molecular complexity index is 532. The Morgan fingerprint density at radius 2 is 2.33 bits per heavy atom. The molecular weight excluding hydrogens is 250 g/mol. The monoisotopic (exact) mass is 259 g/mol. The van der Waals surface area contributed by atoms with E-state index in [2.05, 4.69) is 0 Å². The molecule has 1 aromatic heterocycles. The van der Waals surface area contributed by atoms with Gasteiger partial charge in [-0.1, -0.05) is 0 Å². The van der Waals surface area contributed by atoms with Crippen molar-refractivity contribution in [3.05, 3.63) is 22.2 Å². The maximum Gasteiger partial charge on any atom is 0.163 e. The van der Waals surface area contributed by atoms with E-state index in [1.54, 1.807) is 11.3 Å². The number of rotatable bonds is 3. The average Bonchev–Trinajstić information content (AvgIpc) is 2.53. The topological polar surface area (TPSA) is 14.2 Å². The van der Waals surface area contributed by atoms with Gasteiger partial charge in [0.25, 0.3) is 0 Å². The summed E-state index contributed by atoms with van der Waals surface area (Å²) in [6.45, 7) is 2.64. The van der Waals surface area contributed by atoms with Crippen LogP contribution in [0.25, 0.3) is 10.2 Å². The van der Waals surface area contributed by atoms with Gasteiger partial charge in [0.15, 0.2) is 3.95 Å². The number of thiazole rings is 1. The summed E-state index contributed by atoms with van der Waals surface area (Å²) in [4.78, 5) is 0. The zero-order valence-electron chi connectivity index (χ0n) is 8.20. The maximum absolute atomic E-state index is 5.83. The number of fused-ring (bicyclic) bond motifs is 1. The average molecular weight is 260 g/mol. The second kappa shape index (κ2) is 4.51. The largest absolute Gasteiger partial charge is 0.494 e. The van der Waals surface area contributed by atoms with Gasteiger partial charge in [-0.15, -0.1) is 22.9 Å². The lowest BCUT2D eigenvalue weighted by atomic mass is 10.3. The molecule has 1 aromatic carbocycles. The molecule has 0 aliphatic heterocycles. The van der Waals surface area contributed by atoms with E-state index in [9.17, 15) is 0 Å². The molecule has 0 aliphatic carbocycles. The van der Waals surface area contributed by atoms with Gasteiger partial charge < -0.3 is 9.30 Å². The molecule has 5 heteroatoms. The third-order valence-corrected chi connectivity index (χ3v) is 3.72. The zero-order chi connectivity index (χ0) is 10.8. The number of hydrogen-bond acceptors (Lipinski definition) is 3. The number of ether oxygens (including phenoxy) is 1. The van der Waals surface area contributed by atoms with Crippen LogP contribution in [0.5, 0.6) is 5.75 Å². The Kier molecular flexibility index (Phi) is 3.29. The highest BCUT2D eigenvalue weighted by atomic mass is 35.5. The third kappa shape index (κ3) is 2.02. The van der Waals surface area contributed by atoms with Crippen LogP contribution in [0.2, 0.25) is 0 Å². The summed E-state index contributed by atoms with van der Waals surface area (Å²) in [6, 6.07) is 6.33. The van der Waals surface area contributed by atoms with Gasteiger partial charge >= 0.3 is 0 Å². The first-order chi connectivity index (χ1) is 7.26. The fourth-order valence-corrected chi connectivity index (χ4v) is 3.16. The van der Waals surface area contributed by atoms with Gasteiger partial charge in [0.05, 0.1) is 22.8 Å². The van der Waals surface area contributed by atoms with Crippen molar-refractivity contribution in [3.63, 3.8) is 0 Å². The highest BCUT2D eigenvalue weighted by Crippen LogP contribution is 2.27. The second-order valence-corrected chi connectivity index (χ2v) is 4.89. The molecule has 0 bridgehead atoms. The standard InChI is InChI=1S/C10H10ClNOS2/c1-2-13-7-3-4-8-9(5-7)15-10(14)12(8)6-11/h3-5H,2,6H2,1H3. The Hall–Kier alpha value is -0.580. The van der Waals surface area contributed by atoms with E-state index in [0.717, 1.165) is 19.9 Å². The van der Waals surface area contributed by atoms with Crippen molar-refractivity contribution in [3.8, 4) is 5.75 Å². The van der Waals surface area contributed by atoms with E-state index in [1.165, 1.54) is 0 Å². The van der Waals surface area contributed by atoms with E-state index >= 15 is 0 Å². The summed E-state index contributed by atoms with van der Waals surface area (Å²) in [5.74, 6) is 0.878. The minimum Gasteiger partial charge on any atom is -0.494 e. The summed E-state index contributed by atoms with van der Waals surface area (Å²) in [7, 11) is 0. The summed E-state index contributed by atoms with van der Waals surface area (Å²) in [5, 5.41) is 0. The number of benzene rings is 1. The Morgan fingerprint density at radius 3 is 3.00 bits per heavy atom. The van der Waals surface area contributed by atoms with Gasteiger partial charge in [-0.3, -0.25) is 0 Å². The van der Waals surface area contributed by atoms with Crippen LogP contribution >= 0.6 is 35.2 Å². The molecule has 0 saturated heterocycles. The van der Waals surface area contributed by atoms with Crippen LogP contribution in [-0.2, 0) is 6.00 Å². The molecule has 0 atom stereocenters. The lowest BCUT2D eigenvalue weighted by Crippen LogP contribution is -1.92. The van der Waals surface area contributed by atoms with Gasteiger partial charge in [0.2, 0.25) is 0 Å². The molecule has 80 valence electrons. The molecule has 0 radical (unpaired) electrons. The molecule has 1 heterocycles. The van der Waals surface area contributed by atoms with Crippen molar-refractivity contribution >= 4 is 45.4 Å². The molecule has 2 aromatic rings. The van der Waals surface area contributed by atoms with Crippen LogP contribution in [0.15, 0.2) is 18.2 Å². The molecule has 0 saturated carbocycles. The fraction of sp³-hybridized carbons (Fsp3) is 0.300. The van der Waals surface area contributed by atoms with Gasteiger partial charge in [-0.05, 0) is 37.3 Å². The first-order valence-corrected chi connectivity index (χ1v) is 6.34. The minimum absolute atomic E-state index is 0.396. The molecule has 15 heavy (non-hydrogen) atoms. The van der Waals surface area contributed by atoms with E-state index in [4.69, 9.17) is 28.6 Å². The van der Waals surface area contributed by atoms with Crippen LogP contribution < -0.4 is 4.74 Å². The summed E-state index contributed by atoms with van der Waals surface area (Å²) in [6.07, 6.45) is 0. The molecule has 0 unspecified atom stereocenters. The number of aromatic nitrogens is 1. The smallest absolute Gasteiger partial charge is 0.163 e. The number of hydrogen-bond donors (Lipinski definition) is 0. The van der Waals surface area contributed by atoms with E-state index in [1.807, 2.05) is 29.7 Å². The summed E-state index contributed by atoms with van der Waals surface area (Å²) >= 11 is 12.6. The molecule has 2 nitrogen and oxygen atoms in total.